The third kappa shape index (κ3) is 3.23. The van der Waals surface area contributed by atoms with Crippen molar-refractivity contribution in [2.24, 2.45) is 5.41 Å². The maximum atomic E-state index is 13.6. The van der Waals surface area contributed by atoms with Crippen molar-refractivity contribution in [2.45, 2.75) is 43.1 Å². The van der Waals surface area contributed by atoms with Gasteiger partial charge in [-0.25, -0.2) is 13.1 Å². The van der Waals surface area contributed by atoms with Crippen LogP contribution < -0.4 is 4.74 Å². The van der Waals surface area contributed by atoms with Gasteiger partial charge in [-0.1, -0.05) is 6.42 Å². The summed E-state index contributed by atoms with van der Waals surface area (Å²) in [5, 5.41) is 4.21. The van der Waals surface area contributed by atoms with Crippen LogP contribution in [0.3, 0.4) is 0 Å². The second kappa shape index (κ2) is 7.50. The summed E-state index contributed by atoms with van der Waals surface area (Å²) in [6, 6.07) is 6.94. The molecule has 1 spiro atoms. The second-order valence-electron chi connectivity index (χ2n) is 7.71. The lowest BCUT2D eigenvalue weighted by Gasteiger charge is -2.43. The van der Waals surface area contributed by atoms with E-state index in [2.05, 4.69) is 5.10 Å². The summed E-state index contributed by atoms with van der Waals surface area (Å²) in [4.78, 5) is 0.187. The van der Waals surface area contributed by atoms with Gasteiger partial charge in [0.1, 0.15) is 10.6 Å². The van der Waals surface area contributed by atoms with E-state index in [0.29, 0.717) is 24.5 Å². The van der Waals surface area contributed by atoms with Crippen LogP contribution in [0.2, 0.25) is 0 Å². The standard InChI is InChI=1S/C20H27N3O4S/c1-26-17-8-7-16(23-13-5-11-21-23)14-18(17)28(24,25)22-12-4-10-20(15-22)9-3-6-19(20)27-2/h5,7-8,11,13-14,19H,3-4,6,9-10,12,15H2,1-2H3/t19-,20+/m1/s1. The van der Waals surface area contributed by atoms with Gasteiger partial charge in [-0.2, -0.15) is 9.40 Å². The van der Waals surface area contributed by atoms with E-state index in [-0.39, 0.29) is 16.4 Å². The molecule has 2 fully saturated rings. The number of ether oxygens (including phenoxy) is 2. The molecule has 0 bridgehead atoms. The Labute approximate surface area is 166 Å². The van der Waals surface area contributed by atoms with Crippen molar-refractivity contribution in [3.63, 3.8) is 0 Å². The van der Waals surface area contributed by atoms with E-state index in [1.165, 1.54) is 7.11 Å². The molecule has 8 heteroatoms. The SMILES string of the molecule is COc1ccc(-n2cccn2)cc1S(=O)(=O)N1CCC[C@@]2(CCC[C@H]2OC)C1. The lowest BCUT2D eigenvalue weighted by atomic mass is 9.77. The number of piperidine rings is 1. The van der Waals surface area contributed by atoms with Crippen molar-refractivity contribution in [3.05, 3.63) is 36.7 Å². The van der Waals surface area contributed by atoms with Gasteiger partial charge in [0.2, 0.25) is 10.0 Å². The molecular formula is C20H27N3O4S. The molecule has 1 aliphatic heterocycles. The Morgan fingerprint density at radius 2 is 2.04 bits per heavy atom. The van der Waals surface area contributed by atoms with Gasteiger partial charge in [-0.15, -0.1) is 0 Å². The molecule has 4 rings (SSSR count). The van der Waals surface area contributed by atoms with Crippen LogP contribution in [0.5, 0.6) is 5.75 Å². The van der Waals surface area contributed by atoms with Crippen molar-refractivity contribution in [3.8, 4) is 11.4 Å². The molecule has 0 radical (unpaired) electrons. The molecule has 2 heterocycles. The molecule has 1 saturated heterocycles. The first kappa shape index (κ1) is 19.4. The molecule has 0 unspecified atom stereocenters. The minimum atomic E-state index is -3.70. The van der Waals surface area contributed by atoms with E-state index in [1.54, 1.807) is 52.8 Å². The minimum absolute atomic E-state index is 0.0765. The molecule has 152 valence electrons. The number of methoxy groups -OCH3 is 2. The summed E-state index contributed by atoms with van der Waals surface area (Å²) in [6.07, 6.45) is 8.55. The summed E-state index contributed by atoms with van der Waals surface area (Å²) < 4.78 is 41.6. The second-order valence-corrected chi connectivity index (χ2v) is 9.61. The predicted octanol–water partition coefficient (Wildman–Crippen LogP) is 2.85. The van der Waals surface area contributed by atoms with Gasteiger partial charge in [-0.3, -0.25) is 0 Å². The summed E-state index contributed by atoms with van der Waals surface area (Å²) in [5.41, 5.74) is 0.610. The van der Waals surface area contributed by atoms with Crippen LogP contribution in [0.15, 0.2) is 41.6 Å². The summed E-state index contributed by atoms with van der Waals surface area (Å²) >= 11 is 0. The fourth-order valence-electron chi connectivity index (χ4n) is 4.83. The van der Waals surface area contributed by atoms with Crippen molar-refractivity contribution >= 4 is 10.0 Å². The topological polar surface area (TPSA) is 73.7 Å². The summed E-state index contributed by atoms with van der Waals surface area (Å²) in [6.45, 7) is 1.03. The minimum Gasteiger partial charge on any atom is -0.495 e. The number of hydrogen-bond donors (Lipinski definition) is 0. The third-order valence-electron chi connectivity index (χ3n) is 6.22. The number of hydrogen-bond acceptors (Lipinski definition) is 5. The Balaban J connectivity index is 1.70. The van der Waals surface area contributed by atoms with E-state index in [9.17, 15) is 8.42 Å². The van der Waals surface area contributed by atoms with Crippen LogP contribution >= 0.6 is 0 Å². The van der Waals surface area contributed by atoms with E-state index in [1.807, 2.05) is 0 Å². The van der Waals surface area contributed by atoms with E-state index in [0.717, 1.165) is 32.1 Å². The summed E-state index contributed by atoms with van der Waals surface area (Å²) in [7, 11) is -0.466. The van der Waals surface area contributed by atoms with Crippen molar-refractivity contribution in [2.75, 3.05) is 27.3 Å². The molecule has 0 amide bonds. The molecule has 7 nitrogen and oxygen atoms in total. The molecular weight excluding hydrogens is 378 g/mol. The van der Waals surface area contributed by atoms with E-state index >= 15 is 0 Å². The average molecular weight is 406 g/mol. The zero-order chi connectivity index (χ0) is 19.8. The van der Waals surface area contributed by atoms with Crippen molar-refractivity contribution in [1.29, 1.82) is 0 Å². The average Bonchev–Trinajstić information content (AvgIpc) is 3.38. The maximum absolute atomic E-state index is 13.6. The van der Waals surface area contributed by atoms with Crippen LogP contribution in [0.25, 0.3) is 5.69 Å². The Hall–Kier alpha value is -1.90. The summed E-state index contributed by atoms with van der Waals surface area (Å²) in [5.74, 6) is 0.352. The van der Waals surface area contributed by atoms with Crippen LogP contribution in [0, 0.1) is 5.41 Å². The van der Waals surface area contributed by atoms with Crippen LogP contribution in [0.4, 0.5) is 0 Å². The normalized spacial score (nSPS) is 26.0. The predicted molar refractivity (Wildman–Crippen MR) is 105 cm³/mol. The van der Waals surface area contributed by atoms with Crippen molar-refractivity contribution in [1.82, 2.24) is 14.1 Å². The Morgan fingerprint density at radius 1 is 1.21 bits per heavy atom. The number of sulfonamides is 1. The van der Waals surface area contributed by atoms with E-state index < -0.39 is 10.0 Å². The quantitative estimate of drug-likeness (QED) is 0.765. The highest BCUT2D eigenvalue weighted by atomic mass is 32.2. The lowest BCUT2D eigenvalue weighted by molar-refractivity contribution is -0.0185. The number of rotatable bonds is 5. The van der Waals surface area contributed by atoms with Gasteiger partial charge in [0.25, 0.3) is 0 Å². The van der Waals surface area contributed by atoms with Gasteiger partial charge in [-0.05, 0) is 49.9 Å². The van der Waals surface area contributed by atoms with Gasteiger partial charge >= 0.3 is 0 Å². The first-order valence-electron chi connectivity index (χ1n) is 9.71. The lowest BCUT2D eigenvalue weighted by Crippen LogP contribution is -2.49. The zero-order valence-electron chi connectivity index (χ0n) is 16.4. The Bertz CT molecular complexity index is 929. The molecule has 1 aliphatic carbocycles. The van der Waals surface area contributed by atoms with E-state index in [4.69, 9.17) is 9.47 Å². The van der Waals surface area contributed by atoms with Crippen molar-refractivity contribution < 1.29 is 17.9 Å². The van der Waals surface area contributed by atoms with Crippen LogP contribution in [-0.4, -0.2) is 55.9 Å². The highest BCUT2D eigenvalue weighted by Crippen LogP contribution is 2.47. The fraction of sp³-hybridized carbons (Fsp3) is 0.550. The highest BCUT2D eigenvalue weighted by Gasteiger charge is 2.48. The Morgan fingerprint density at radius 3 is 2.75 bits per heavy atom. The van der Waals surface area contributed by atoms with Crippen LogP contribution in [0.1, 0.15) is 32.1 Å². The molecule has 1 aromatic carbocycles. The first-order valence-corrected chi connectivity index (χ1v) is 11.2. The molecule has 2 atom stereocenters. The Kier molecular flexibility index (Phi) is 5.20. The molecule has 1 aromatic heterocycles. The third-order valence-corrected chi connectivity index (χ3v) is 8.08. The van der Waals surface area contributed by atoms with Gasteiger partial charge in [0.15, 0.2) is 0 Å². The molecule has 2 aromatic rings. The molecule has 0 N–H and O–H groups in total. The van der Waals surface area contributed by atoms with Gasteiger partial charge in [0.05, 0.1) is 18.9 Å². The number of aromatic nitrogens is 2. The number of nitrogens with zero attached hydrogens (tertiary/aromatic N) is 3. The first-order chi connectivity index (χ1) is 13.5. The molecule has 2 aliphatic rings. The molecule has 1 saturated carbocycles. The van der Waals surface area contributed by atoms with Gasteiger partial charge < -0.3 is 9.47 Å². The maximum Gasteiger partial charge on any atom is 0.246 e. The fourth-order valence-corrected chi connectivity index (χ4v) is 6.58. The smallest absolute Gasteiger partial charge is 0.246 e. The largest absolute Gasteiger partial charge is 0.495 e. The van der Waals surface area contributed by atoms with Gasteiger partial charge in [0, 0.05) is 38.0 Å². The number of benzene rings is 1. The monoisotopic (exact) mass is 405 g/mol. The molecule has 28 heavy (non-hydrogen) atoms. The zero-order valence-corrected chi connectivity index (χ0v) is 17.2. The highest BCUT2D eigenvalue weighted by molar-refractivity contribution is 7.89. The van der Waals surface area contributed by atoms with Crippen LogP contribution in [-0.2, 0) is 14.8 Å².